The van der Waals surface area contributed by atoms with Gasteiger partial charge in [-0.1, -0.05) is 0 Å². The number of nitrogens with zero attached hydrogens (tertiary/aromatic N) is 2. The normalized spacial score (nSPS) is 16.3. The quantitative estimate of drug-likeness (QED) is 0.883. The van der Waals surface area contributed by atoms with Crippen molar-refractivity contribution in [1.29, 1.82) is 0 Å². The van der Waals surface area contributed by atoms with E-state index in [1.54, 1.807) is 17.2 Å². The summed E-state index contributed by atoms with van der Waals surface area (Å²) in [4.78, 5) is 18.2. The molecule has 0 aliphatic carbocycles. The summed E-state index contributed by atoms with van der Waals surface area (Å²) in [6.07, 6.45) is 1.71. The molecule has 1 aliphatic rings. The Labute approximate surface area is 114 Å². The van der Waals surface area contributed by atoms with Crippen molar-refractivity contribution in [2.45, 2.75) is 26.3 Å². The SMILES string of the molecule is CC(C)(C)Nc1ccc(C(=O)N2CCOCC2)nc1. The molecule has 19 heavy (non-hydrogen) atoms. The molecule has 0 unspecified atom stereocenters. The van der Waals surface area contributed by atoms with Crippen LogP contribution in [-0.2, 0) is 4.74 Å². The van der Waals surface area contributed by atoms with Crippen molar-refractivity contribution in [2.75, 3.05) is 31.6 Å². The molecule has 1 aliphatic heterocycles. The lowest BCUT2D eigenvalue weighted by Gasteiger charge is -2.26. The summed E-state index contributed by atoms with van der Waals surface area (Å²) >= 11 is 0. The van der Waals surface area contributed by atoms with Crippen LogP contribution in [0.3, 0.4) is 0 Å². The maximum absolute atomic E-state index is 12.2. The molecule has 1 saturated heterocycles. The van der Waals surface area contributed by atoms with E-state index in [0.717, 1.165) is 5.69 Å². The molecular weight excluding hydrogens is 242 g/mol. The number of amides is 1. The van der Waals surface area contributed by atoms with E-state index in [9.17, 15) is 4.79 Å². The number of hydrogen-bond donors (Lipinski definition) is 1. The minimum atomic E-state index is -0.0226. The van der Waals surface area contributed by atoms with Crippen LogP contribution in [0.4, 0.5) is 5.69 Å². The van der Waals surface area contributed by atoms with E-state index in [0.29, 0.717) is 32.0 Å². The second-order valence-corrected chi connectivity index (χ2v) is 5.71. The minimum absolute atomic E-state index is 0.0165. The third-order valence-corrected chi connectivity index (χ3v) is 2.80. The molecule has 1 aromatic rings. The Morgan fingerprint density at radius 3 is 2.53 bits per heavy atom. The molecule has 0 saturated carbocycles. The molecule has 104 valence electrons. The summed E-state index contributed by atoms with van der Waals surface area (Å²) in [7, 11) is 0. The van der Waals surface area contributed by atoms with Gasteiger partial charge in [0, 0.05) is 18.6 Å². The smallest absolute Gasteiger partial charge is 0.272 e. The first-order valence-electron chi connectivity index (χ1n) is 6.57. The molecule has 0 aromatic carbocycles. The van der Waals surface area contributed by atoms with Gasteiger partial charge in [0.15, 0.2) is 0 Å². The monoisotopic (exact) mass is 263 g/mol. The second kappa shape index (κ2) is 5.57. The Morgan fingerprint density at radius 2 is 2.00 bits per heavy atom. The zero-order valence-electron chi connectivity index (χ0n) is 11.8. The van der Waals surface area contributed by atoms with Crippen LogP contribution in [0.15, 0.2) is 18.3 Å². The van der Waals surface area contributed by atoms with Gasteiger partial charge in [0.1, 0.15) is 5.69 Å². The summed E-state index contributed by atoms with van der Waals surface area (Å²) in [6.45, 7) is 8.75. The van der Waals surface area contributed by atoms with Gasteiger partial charge in [-0.3, -0.25) is 4.79 Å². The zero-order valence-corrected chi connectivity index (χ0v) is 11.8. The third-order valence-electron chi connectivity index (χ3n) is 2.80. The highest BCUT2D eigenvalue weighted by atomic mass is 16.5. The number of rotatable bonds is 2. The number of carbonyl (C=O) groups is 1. The van der Waals surface area contributed by atoms with Crippen molar-refractivity contribution >= 4 is 11.6 Å². The first-order valence-corrected chi connectivity index (χ1v) is 6.57. The fraction of sp³-hybridized carbons (Fsp3) is 0.571. The van der Waals surface area contributed by atoms with Crippen LogP contribution in [0.2, 0.25) is 0 Å². The van der Waals surface area contributed by atoms with Crippen molar-refractivity contribution in [3.05, 3.63) is 24.0 Å². The van der Waals surface area contributed by atoms with Gasteiger partial charge in [-0.25, -0.2) is 4.98 Å². The number of carbonyl (C=O) groups excluding carboxylic acids is 1. The summed E-state index contributed by atoms with van der Waals surface area (Å²) < 4.78 is 5.24. The van der Waals surface area contributed by atoms with Crippen molar-refractivity contribution in [3.63, 3.8) is 0 Å². The summed E-state index contributed by atoms with van der Waals surface area (Å²) in [6, 6.07) is 3.66. The van der Waals surface area contributed by atoms with E-state index in [-0.39, 0.29) is 11.4 Å². The van der Waals surface area contributed by atoms with E-state index in [4.69, 9.17) is 4.74 Å². The predicted octanol–water partition coefficient (Wildman–Crippen LogP) is 1.76. The average molecular weight is 263 g/mol. The van der Waals surface area contributed by atoms with Crippen molar-refractivity contribution in [2.24, 2.45) is 0 Å². The number of pyridine rings is 1. The van der Waals surface area contributed by atoms with E-state index in [1.165, 1.54) is 0 Å². The van der Waals surface area contributed by atoms with Gasteiger partial charge < -0.3 is 15.0 Å². The van der Waals surface area contributed by atoms with E-state index in [1.807, 2.05) is 6.07 Å². The fourth-order valence-corrected chi connectivity index (χ4v) is 1.96. The van der Waals surface area contributed by atoms with Gasteiger partial charge >= 0.3 is 0 Å². The Kier molecular flexibility index (Phi) is 4.04. The highest BCUT2D eigenvalue weighted by molar-refractivity contribution is 5.92. The summed E-state index contributed by atoms with van der Waals surface area (Å²) in [5.41, 5.74) is 1.39. The van der Waals surface area contributed by atoms with Gasteiger partial charge in [-0.2, -0.15) is 0 Å². The number of nitrogens with one attached hydrogen (secondary N) is 1. The topological polar surface area (TPSA) is 54.5 Å². The molecule has 1 fully saturated rings. The predicted molar refractivity (Wildman–Crippen MR) is 74.3 cm³/mol. The molecule has 1 amide bonds. The van der Waals surface area contributed by atoms with E-state index in [2.05, 4.69) is 31.1 Å². The molecule has 1 aromatic heterocycles. The van der Waals surface area contributed by atoms with Gasteiger partial charge in [0.2, 0.25) is 0 Å². The number of ether oxygens (including phenoxy) is 1. The van der Waals surface area contributed by atoms with Crippen molar-refractivity contribution in [1.82, 2.24) is 9.88 Å². The van der Waals surface area contributed by atoms with Crippen LogP contribution in [0.5, 0.6) is 0 Å². The van der Waals surface area contributed by atoms with Gasteiger partial charge in [-0.05, 0) is 32.9 Å². The zero-order chi connectivity index (χ0) is 13.9. The third kappa shape index (κ3) is 3.92. The molecule has 2 heterocycles. The number of aromatic nitrogens is 1. The van der Waals surface area contributed by atoms with Crippen LogP contribution in [0.1, 0.15) is 31.3 Å². The van der Waals surface area contributed by atoms with Crippen LogP contribution in [-0.4, -0.2) is 47.6 Å². The van der Waals surface area contributed by atoms with E-state index >= 15 is 0 Å². The maximum atomic E-state index is 12.2. The van der Waals surface area contributed by atoms with E-state index < -0.39 is 0 Å². The lowest BCUT2D eigenvalue weighted by molar-refractivity contribution is 0.0299. The maximum Gasteiger partial charge on any atom is 0.272 e. The Balaban J connectivity index is 2.03. The number of morpholine rings is 1. The van der Waals surface area contributed by atoms with Gasteiger partial charge in [0.05, 0.1) is 25.1 Å². The minimum Gasteiger partial charge on any atom is -0.379 e. The molecule has 0 bridgehead atoms. The first kappa shape index (κ1) is 13.8. The molecule has 2 rings (SSSR count). The molecule has 0 spiro atoms. The Bertz CT molecular complexity index is 431. The van der Waals surface area contributed by atoms with Crippen molar-refractivity contribution < 1.29 is 9.53 Å². The summed E-state index contributed by atoms with van der Waals surface area (Å²) in [5, 5.41) is 3.32. The van der Waals surface area contributed by atoms with Gasteiger partial charge in [-0.15, -0.1) is 0 Å². The molecule has 1 N–H and O–H groups in total. The first-order chi connectivity index (χ1) is 8.96. The van der Waals surface area contributed by atoms with Crippen LogP contribution >= 0.6 is 0 Å². The largest absolute Gasteiger partial charge is 0.379 e. The molecular formula is C14H21N3O2. The molecule has 0 radical (unpaired) electrons. The average Bonchev–Trinajstić information content (AvgIpc) is 2.38. The highest BCUT2D eigenvalue weighted by Crippen LogP contribution is 2.14. The fourth-order valence-electron chi connectivity index (χ4n) is 1.96. The summed E-state index contributed by atoms with van der Waals surface area (Å²) in [5.74, 6) is -0.0226. The van der Waals surface area contributed by atoms with Crippen LogP contribution < -0.4 is 5.32 Å². The molecule has 5 heteroatoms. The lowest BCUT2D eigenvalue weighted by atomic mass is 10.1. The van der Waals surface area contributed by atoms with Crippen LogP contribution in [0, 0.1) is 0 Å². The lowest BCUT2D eigenvalue weighted by Crippen LogP contribution is -2.41. The van der Waals surface area contributed by atoms with Gasteiger partial charge in [0.25, 0.3) is 5.91 Å². The Hall–Kier alpha value is -1.62. The van der Waals surface area contributed by atoms with Crippen LogP contribution in [0.25, 0.3) is 0 Å². The Morgan fingerprint density at radius 1 is 1.32 bits per heavy atom. The second-order valence-electron chi connectivity index (χ2n) is 5.71. The number of anilines is 1. The highest BCUT2D eigenvalue weighted by Gasteiger charge is 2.19. The standard InChI is InChI=1S/C14H21N3O2/c1-14(2,3)16-11-4-5-12(15-10-11)13(18)17-6-8-19-9-7-17/h4-5,10,16H,6-9H2,1-3H3. The molecule has 5 nitrogen and oxygen atoms in total. The van der Waals surface area contributed by atoms with Crippen molar-refractivity contribution in [3.8, 4) is 0 Å². The molecule has 0 atom stereocenters. The number of hydrogen-bond acceptors (Lipinski definition) is 4.